The van der Waals surface area contributed by atoms with Crippen LogP contribution in [0.2, 0.25) is 0 Å². The lowest BCUT2D eigenvalue weighted by molar-refractivity contribution is 0.0843. The zero-order valence-electron chi connectivity index (χ0n) is 11.3. The fourth-order valence-corrected chi connectivity index (χ4v) is 2.17. The van der Waals surface area contributed by atoms with Crippen molar-refractivity contribution in [3.63, 3.8) is 0 Å². The zero-order valence-corrected chi connectivity index (χ0v) is 11.3. The molecule has 0 saturated carbocycles. The molecule has 3 aromatic rings. The molecule has 0 aliphatic heterocycles. The van der Waals surface area contributed by atoms with Gasteiger partial charge in [-0.1, -0.05) is 18.2 Å². The molecule has 6 nitrogen and oxygen atoms in total. The second-order valence-electron chi connectivity index (χ2n) is 4.58. The van der Waals surface area contributed by atoms with Gasteiger partial charge in [-0.2, -0.15) is 0 Å². The summed E-state index contributed by atoms with van der Waals surface area (Å²) in [5.74, 6) is -0.369. The topological polar surface area (TPSA) is 87.8 Å². The van der Waals surface area contributed by atoms with Crippen LogP contribution in [0.3, 0.4) is 0 Å². The monoisotopic (exact) mass is 283 g/mol. The molecule has 0 unspecified atom stereocenters. The molecule has 3 rings (SSSR count). The zero-order chi connectivity index (χ0) is 14.8. The van der Waals surface area contributed by atoms with Gasteiger partial charge in [-0.15, -0.1) is 0 Å². The fraction of sp³-hybridized carbons (Fsp3) is 0.133. The van der Waals surface area contributed by atoms with E-state index >= 15 is 0 Å². The van der Waals surface area contributed by atoms with Gasteiger partial charge in [0.15, 0.2) is 5.82 Å². The van der Waals surface area contributed by atoms with Gasteiger partial charge in [0.05, 0.1) is 11.8 Å². The number of benzene rings is 1. The van der Waals surface area contributed by atoms with Crippen molar-refractivity contribution in [3.05, 3.63) is 53.7 Å². The Bertz CT molecular complexity index is 816. The average Bonchev–Trinajstić information content (AvgIpc) is 3.14. The van der Waals surface area contributed by atoms with Gasteiger partial charge in [0.1, 0.15) is 12.3 Å². The number of H-pyrrole nitrogens is 2. The number of ketones is 2. The van der Waals surface area contributed by atoms with Gasteiger partial charge in [0, 0.05) is 24.2 Å². The Morgan fingerprint density at radius 2 is 2.10 bits per heavy atom. The summed E-state index contributed by atoms with van der Waals surface area (Å²) in [5.41, 5.74) is 1.66. The number of hydrogen-bond donors (Lipinski definition) is 2. The smallest absolute Gasteiger partial charge is 0.230 e. The third kappa shape index (κ3) is 2.36. The predicted octanol–water partition coefficient (Wildman–Crippen LogP) is 1.95. The van der Waals surface area contributed by atoms with Crippen LogP contribution in [0.1, 0.15) is 26.7 Å². The molecule has 0 aliphatic carbocycles. The lowest BCUT2D eigenvalue weighted by Crippen LogP contribution is -2.08. The lowest BCUT2D eigenvalue weighted by atomic mass is 10.1. The van der Waals surface area contributed by atoms with Crippen LogP contribution in [-0.2, 0) is 4.74 Å². The summed E-state index contributed by atoms with van der Waals surface area (Å²) in [4.78, 5) is 33.9. The lowest BCUT2D eigenvalue weighted by Gasteiger charge is -1.96. The first kappa shape index (κ1) is 13.3. The molecular weight excluding hydrogens is 270 g/mol. The first-order valence-corrected chi connectivity index (χ1v) is 6.38. The predicted molar refractivity (Wildman–Crippen MR) is 76.5 cm³/mol. The number of hydrogen-bond acceptors (Lipinski definition) is 4. The number of nitrogens with zero attached hydrogens (tertiary/aromatic N) is 1. The summed E-state index contributed by atoms with van der Waals surface area (Å²) >= 11 is 0. The summed E-state index contributed by atoms with van der Waals surface area (Å²) in [7, 11) is 1.44. The van der Waals surface area contributed by atoms with E-state index in [9.17, 15) is 9.59 Å². The Hall–Kier alpha value is -2.73. The maximum absolute atomic E-state index is 12.5. The van der Waals surface area contributed by atoms with E-state index in [-0.39, 0.29) is 29.7 Å². The molecule has 2 aromatic heterocycles. The van der Waals surface area contributed by atoms with Gasteiger partial charge >= 0.3 is 0 Å². The van der Waals surface area contributed by atoms with Gasteiger partial charge in [0.25, 0.3) is 0 Å². The molecule has 0 amide bonds. The number of ether oxygens (including phenoxy) is 1. The molecule has 2 N–H and O–H groups in total. The Labute approximate surface area is 120 Å². The first-order chi connectivity index (χ1) is 10.2. The number of aromatic nitrogens is 3. The van der Waals surface area contributed by atoms with Crippen molar-refractivity contribution >= 4 is 22.5 Å². The normalized spacial score (nSPS) is 10.9. The number of imidazole rings is 1. The molecule has 106 valence electrons. The van der Waals surface area contributed by atoms with Gasteiger partial charge in [-0.3, -0.25) is 9.59 Å². The summed E-state index contributed by atoms with van der Waals surface area (Å²) in [6.07, 6.45) is 3.00. The van der Waals surface area contributed by atoms with E-state index < -0.39 is 0 Å². The highest BCUT2D eigenvalue weighted by atomic mass is 16.5. The molecule has 2 heterocycles. The molecular formula is C15H13N3O3. The van der Waals surface area contributed by atoms with Crippen molar-refractivity contribution in [2.24, 2.45) is 0 Å². The Morgan fingerprint density at radius 3 is 2.90 bits per heavy atom. The molecule has 0 fully saturated rings. The fourth-order valence-electron chi connectivity index (χ4n) is 2.17. The molecule has 0 atom stereocenters. The maximum Gasteiger partial charge on any atom is 0.230 e. The van der Waals surface area contributed by atoms with E-state index in [2.05, 4.69) is 15.0 Å². The van der Waals surface area contributed by atoms with E-state index in [4.69, 9.17) is 4.74 Å². The summed E-state index contributed by atoms with van der Waals surface area (Å²) in [6, 6.07) is 7.50. The standard InChI is InChI=1S/C15H13N3O3/c1-21-8-13(19)12-7-17-15(18-12)14(20)10-6-16-11-5-3-2-4-9(10)11/h2-7,16H,8H2,1H3,(H,17,18). The van der Waals surface area contributed by atoms with E-state index in [1.54, 1.807) is 6.20 Å². The SMILES string of the molecule is COCC(=O)c1cnc(C(=O)c2c[nH]c3ccccc23)[nH]1. The van der Waals surface area contributed by atoms with Crippen LogP contribution in [-0.4, -0.2) is 40.2 Å². The molecule has 1 aromatic carbocycles. The minimum Gasteiger partial charge on any atom is -0.376 e. The number of carbonyl (C=O) groups excluding carboxylic acids is 2. The highest BCUT2D eigenvalue weighted by Gasteiger charge is 2.18. The average molecular weight is 283 g/mol. The van der Waals surface area contributed by atoms with Crippen LogP contribution in [0.15, 0.2) is 36.7 Å². The molecule has 0 radical (unpaired) electrons. The number of methoxy groups -OCH3 is 1. The van der Waals surface area contributed by atoms with Crippen LogP contribution in [0.4, 0.5) is 0 Å². The maximum atomic E-state index is 12.5. The van der Waals surface area contributed by atoms with Crippen molar-refractivity contribution < 1.29 is 14.3 Å². The number of aromatic amines is 2. The van der Waals surface area contributed by atoms with E-state index in [0.717, 1.165) is 10.9 Å². The van der Waals surface area contributed by atoms with Crippen LogP contribution in [0.25, 0.3) is 10.9 Å². The summed E-state index contributed by atoms with van der Waals surface area (Å²) in [6.45, 7) is -0.0527. The number of carbonyl (C=O) groups is 2. The van der Waals surface area contributed by atoms with Crippen LogP contribution in [0.5, 0.6) is 0 Å². The Balaban J connectivity index is 1.94. The summed E-state index contributed by atoms with van der Waals surface area (Å²) < 4.78 is 4.77. The molecule has 6 heteroatoms. The first-order valence-electron chi connectivity index (χ1n) is 6.38. The minimum atomic E-state index is -0.260. The number of nitrogens with one attached hydrogen (secondary N) is 2. The molecule has 0 saturated heterocycles. The molecule has 0 aliphatic rings. The van der Waals surface area contributed by atoms with Gasteiger partial charge in [-0.05, 0) is 6.07 Å². The van der Waals surface area contributed by atoms with E-state index in [1.807, 2.05) is 24.3 Å². The third-order valence-electron chi connectivity index (χ3n) is 3.20. The van der Waals surface area contributed by atoms with Gasteiger partial charge < -0.3 is 14.7 Å². The second-order valence-corrected chi connectivity index (χ2v) is 4.58. The quantitative estimate of drug-likeness (QED) is 0.700. The third-order valence-corrected chi connectivity index (χ3v) is 3.20. The molecule has 0 spiro atoms. The van der Waals surface area contributed by atoms with Crippen molar-refractivity contribution in [1.82, 2.24) is 15.0 Å². The molecule has 0 bridgehead atoms. The Kier molecular flexibility index (Phi) is 3.37. The van der Waals surface area contributed by atoms with Crippen molar-refractivity contribution in [2.75, 3.05) is 13.7 Å². The number of fused-ring (bicyclic) bond motifs is 1. The van der Waals surface area contributed by atoms with Crippen LogP contribution >= 0.6 is 0 Å². The largest absolute Gasteiger partial charge is 0.376 e. The molecule has 21 heavy (non-hydrogen) atoms. The van der Waals surface area contributed by atoms with Gasteiger partial charge in [-0.25, -0.2) is 4.98 Å². The highest BCUT2D eigenvalue weighted by Crippen LogP contribution is 2.20. The number of para-hydroxylation sites is 1. The Morgan fingerprint density at radius 1 is 1.29 bits per heavy atom. The van der Waals surface area contributed by atoms with Crippen LogP contribution in [0, 0.1) is 0 Å². The van der Waals surface area contributed by atoms with Gasteiger partial charge in [0.2, 0.25) is 11.6 Å². The van der Waals surface area contributed by atoms with Crippen molar-refractivity contribution in [2.45, 2.75) is 0 Å². The second kappa shape index (κ2) is 5.34. The highest BCUT2D eigenvalue weighted by molar-refractivity contribution is 6.15. The van der Waals surface area contributed by atoms with E-state index in [1.165, 1.54) is 13.3 Å². The van der Waals surface area contributed by atoms with E-state index in [0.29, 0.717) is 5.56 Å². The van der Waals surface area contributed by atoms with Crippen LogP contribution < -0.4 is 0 Å². The number of Topliss-reactive ketones (excluding diaryl/α,β-unsaturated/α-hetero) is 1. The van der Waals surface area contributed by atoms with Crippen molar-refractivity contribution in [1.29, 1.82) is 0 Å². The minimum absolute atomic E-state index is 0.0527. The number of rotatable bonds is 5. The summed E-state index contributed by atoms with van der Waals surface area (Å²) in [5, 5.41) is 0.823. The van der Waals surface area contributed by atoms with Crippen molar-refractivity contribution in [3.8, 4) is 0 Å².